The zero-order valence-corrected chi connectivity index (χ0v) is 13.0. The fraction of sp³-hybridized carbons (Fsp3) is 0.0909. The van der Waals surface area contributed by atoms with Crippen LogP contribution in [0, 0.1) is 0 Å². The van der Waals surface area contributed by atoms with Crippen LogP contribution in [0.5, 0.6) is 0 Å². The van der Waals surface area contributed by atoms with Gasteiger partial charge in [-0.25, -0.2) is 13.1 Å². The van der Waals surface area contributed by atoms with Gasteiger partial charge in [0.05, 0.1) is 4.90 Å². The van der Waals surface area contributed by atoms with Gasteiger partial charge in [-0.1, -0.05) is 0 Å². The monoisotopic (exact) mass is 361 g/mol. The van der Waals surface area contributed by atoms with Crippen molar-refractivity contribution in [3.05, 3.63) is 45.1 Å². The normalized spacial score (nSPS) is 11.5. The molecule has 102 valence electrons. The van der Waals surface area contributed by atoms with Crippen LogP contribution in [0.2, 0.25) is 0 Å². The predicted molar refractivity (Wildman–Crippen MR) is 80.3 cm³/mol. The van der Waals surface area contributed by atoms with Gasteiger partial charge in [-0.3, -0.25) is 5.84 Å². The fourth-order valence-corrected chi connectivity index (χ4v) is 3.91. The molecule has 0 fully saturated rings. The number of nitrogen functional groups attached to an aromatic ring is 1. The maximum absolute atomic E-state index is 12.0. The van der Waals surface area contributed by atoms with E-state index in [9.17, 15) is 8.42 Å². The SMILES string of the molecule is NNc1ccc(S(=O)(=O)NCc2cc(Br)cs2)cc1. The number of nitrogens with one attached hydrogen (secondary N) is 2. The number of hydrogen-bond acceptors (Lipinski definition) is 5. The Hall–Kier alpha value is -0.930. The number of benzene rings is 1. The van der Waals surface area contributed by atoms with E-state index < -0.39 is 10.0 Å². The molecule has 0 aliphatic rings. The van der Waals surface area contributed by atoms with E-state index in [4.69, 9.17) is 5.84 Å². The Bertz CT molecular complexity index is 653. The standard InChI is InChI=1S/C11H12BrN3O2S2/c12-8-5-10(18-7-8)6-14-19(16,17)11-3-1-9(15-13)2-4-11/h1-5,7,14-15H,6,13H2. The highest BCUT2D eigenvalue weighted by atomic mass is 79.9. The van der Waals surface area contributed by atoms with E-state index in [1.54, 1.807) is 12.1 Å². The van der Waals surface area contributed by atoms with Gasteiger partial charge >= 0.3 is 0 Å². The molecular formula is C11H12BrN3O2S2. The molecule has 19 heavy (non-hydrogen) atoms. The first kappa shape index (κ1) is 14.5. The second-order valence-electron chi connectivity index (χ2n) is 3.72. The van der Waals surface area contributed by atoms with E-state index in [1.807, 2.05) is 11.4 Å². The molecule has 1 aromatic carbocycles. The summed E-state index contributed by atoms with van der Waals surface area (Å²) in [5.41, 5.74) is 3.10. The molecule has 0 aliphatic carbocycles. The van der Waals surface area contributed by atoms with Gasteiger partial charge in [-0.15, -0.1) is 11.3 Å². The molecular weight excluding hydrogens is 350 g/mol. The quantitative estimate of drug-likeness (QED) is 0.563. The van der Waals surface area contributed by atoms with Crippen LogP contribution in [0.25, 0.3) is 0 Å². The van der Waals surface area contributed by atoms with Crippen LogP contribution in [0.3, 0.4) is 0 Å². The van der Waals surface area contributed by atoms with Gasteiger partial charge < -0.3 is 5.43 Å². The molecule has 2 aromatic rings. The predicted octanol–water partition coefficient (Wildman–Crippen LogP) is 2.27. The summed E-state index contributed by atoms with van der Waals surface area (Å²) in [5.74, 6) is 5.23. The largest absolute Gasteiger partial charge is 0.324 e. The fourth-order valence-electron chi connectivity index (χ4n) is 1.43. The summed E-state index contributed by atoms with van der Waals surface area (Å²) >= 11 is 4.82. The molecule has 1 aromatic heterocycles. The Morgan fingerprint density at radius 3 is 2.47 bits per heavy atom. The summed E-state index contributed by atoms with van der Waals surface area (Å²) < 4.78 is 27.6. The van der Waals surface area contributed by atoms with Gasteiger partial charge in [0, 0.05) is 27.0 Å². The Balaban J connectivity index is 2.09. The lowest BCUT2D eigenvalue weighted by atomic mass is 10.3. The number of sulfonamides is 1. The minimum atomic E-state index is -3.50. The van der Waals surface area contributed by atoms with Crippen LogP contribution in [-0.4, -0.2) is 8.42 Å². The molecule has 0 spiro atoms. The lowest BCUT2D eigenvalue weighted by Gasteiger charge is -2.06. The topological polar surface area (TPSA) is 84.2 Å². The molecule has 4 N–H and O–H groups in total. The van der Waals surface area contributed by atoms with Gasteiger partial charge in [-0.2, -0.15) is 0 Å². The molecule has 0 unspecified atom stereocenters. The third-order valence-electron chi connectivity index (χ3n) is 2.39. The van der Waals surface area contributed by atoms with E-state index in [0.29, 0.717) is 5.69 Å². The maximum Gasteiger partial charge on any atom is 0.240 e. The highest BCUT2D eigenvalue weighted by molar-refractivity contribution is 9.10. The van der Waals surface area contributed by atoms with Crippen LogP contribution >= 0.6 is 27.3 Å². The van der Waals surface area contributed by atoms with Crippen molar-refractivity contribution in [3.8, 4) is 0 Å². The van der Waals surface area contributed by atoms with Crippen molar-refractivity contribution in [2.45, 2.75) is 11.4 Å². The smallest absolute Gasteiger partial charge is 0.240 e. The van der Waals surface area contributed by atoms with Crippen LogP contribution in [0.15, 0.2) is 45.1 Å². The maximum atomic E-state index is 12.0. The van der Waals surface area contributed by atoms with E-state index >= 15 is 0 Å². The van der Waals surface area contributed by atoms with E-state index in [0.717, 1.165) is 9.35 Å². The minimum Gasteiger partial charge on any atom is -0.324 e. The van der Waals surface area contributed by atoms with Crippen LogP contribution in [0.4, 0.5) is 5.69 Å². The third kappa shape index (κ3) is 3.77. The summed E-state index contributed by atoms with van der Waals surface area (Å²) in [6, 6.07) is 8.10. The number of nitrogens with two attached hydrogens (primary N) is 1. The van der Waals surface area contributed by atoms with Gasteiger partial charge in [0.25, 0.3) is 0 Å². The molecule has 0 saturated heterocycles. The van der Waals surface area contributed by atoms with E-state index in [2.05, 4.69) is 26.1 Å². The molecule has 0 bridgehead atoms. The van der Waals surface area contributed by atoms with Crippen molar-refractivity contribution >= 4 is 43.0 Å². The first-order chi connectivity index (χ1) is 9.01. The second-order valence-corrected chi connectivity index (χ2v) is 7.40. The molecule has 0 atom stereocenters. The van der Waals surface area contributed by atoms with Gasteiger partial charge in [0.15, 0.2) is 0 Å². The van der Waals surface area contributed by atoms with Crippen molar-refractivity contribution in [1.29, 1.82) is 0 Å². The van der Waals surface area contributed by atoms with Crippen molar-refractivity contribution in [2.24, 2.45) is 5.84 Å². The first-order valence-corrected chi connectivity index (χ1v) is 8.46. The average Bonchev–Trinajstić information content (AvgIpc) is 2.82. The summed E-state index contributed by atoms with van der Waals surface area (Å²) in [4.78, 5) is 1.15. The van der Waals surface area contributed by atoms with E-state index in [1.165, 1.54) is 23.5 Å². The Kier molecular flexibility index (Phi) is 4.58. The van der Waals surface area contributed by atoms with E-state index in [-0.39, 0.29) is 11.4 Å². The molecule has 0 amide bonds. The molecule has 1 heterocycles. The summed E-state index contributed by atoms with van der Waals surface area (Å²) in [7, 11) is -3.50. The summed E-state index contributed by atoms with van der Waals surface area (Å²) in [6.07, 6.45) is 0. The number of anilines is 1. The van der Waals surface area contributed by atoms with Gasteiger partial charge in [0.2, 0.25) is 10.0 Å². The molecule has 0 aliphatic heterocycles. The Morgan fingerprint density at radius 2 is 1.95 bits per heavy atom. The molecule has 5 nitrogen and oxygen atoms in total. The number of hydrogen-bond donors (Lipinski definition) is 3. The van der Waals surface area contributed by atoms with Crippen molar-refractivity contribution in [1.82, 2.24) is 4.72 Å². The van der Waals surface area contributed by atoms with Crippen LogP contribution in [-0.2, 0) is 16.6 Å². The highest BCUT2D eigenvalue weighted by Crippen LogP contribution is 2.20. The molecule has 2 rings (SSSR count). The highest BCUT2D eigenvalue weighted by Gasteiger charge is 2.13. The number of thiophene rings is 1. The molecule has 0 radical (unpaired) electrons. The van der Waals surface area contributed by atoms with Crippen molar-refractivity contribution < 1.29 is 8.42 Å². The number of hydrazine groups is 1. The molecule has 8 heteroatoms. The summed E-state index contributed by atoms with van der Waals surface area (Å²) in [5, 5.41) is 1.91. The zero-order valence-electron chi connectivity index (χ0n) is 9.76. The third-order valence-corrected chi connectivity index (χ3v) is 5.50. The first-order valence-electron chi connectivity index (χ1n) is 5.30. The summed E-state index contributed by atoms with van der Waals surface area (Å²) in [6.45, 7) is 0.273. The van der Waals surface area contributed by atoms with Gasteiger partial charge in [-0.05, 0) is 46.3 Å². The van der Waals surface area contributed by atoms with Crippen LogP contribution in [0.1, 0.15) is 4.88 Å². The Morgan fingerprint density at radius 1 is 1.26 bits per heavy atom. The zero-order chi connectivity index (χ0) is 13.9. The number of halogens is 1. The minimum absolute atomic E-state index is 0.210. The second kappa shape index (κ2) is 6.02. The van der Waals surface area contributed by atoms with Crippen molar-refractivity contribution in [3.63, 3.8) is 0 Å². The average molecular weight is 362 g/mol. The van der Waals surface area contributed by atoms with Crippen LogP contribution < -0.4 is 16.0 Å². The van der Waals surface area contributed by atoms with Crippen molar-refractivity contribution in [2.75, 3.05) is 5.43 Å². The number of rotatable bonds is 5. The lowest BCUT2D eigenvalue weighted by Crippen LogP contribution is -2.22. The Labute approximate surface area is 124 Å². The van der Waals surface area contributed by atoms with Gasteiger partial charge in [0.1, 0.15) is 0 Å². The molecule has 0 saturated carbocycles. The lowest BCUT2D eigenvalue weighted by molar-refractivity contribution is 0.582.